The van der Waals surface area contributed by atoms with E-state index in [-0.39, 0.29) is 12.1 Å². The fraction of sp³-hybridized carbons (Fsp3) is 0.455. The van der Waals surface area contributed by atoms with Gasteiger partial charge >= 0.3 is 0 Å². The second-order valence-corrected chi connectivity index (χ2v) is 4.89. The lowest BCUT2D eigenvalue weighted by atomic mass is 10.3. The molecule has 0 aliphatic carbocycles. The summed E-state index contributed by atoms with van der Waals surface area (Å²) in [6, 6.07) is 0. The van der Waals surface area contributed by atoms with Gasteiger partial charge in [-0.05, 0) is 24.9 Å². The molecule has 2 rings (SSSR count). The van der Waals surface area contributed by atoms with Crippen LogP contribution in [0.25, 0.3) is 10.2 Å². The molecule has 0 saturated carbocycles. The van der Waals surface area contributed by atoms with Gasteiger partial charge in [-0.2, -0.15) is 0 Å². The third-order valence-corrected chi connectivity index (χ3v) is 3.65. The van der Waals surface area contributed by atoms with E-state index < -0.39 is 6.10 Å². The van der Waals surface area contributed by atoms with Crippen LogP contribution < -0.4 is 10.9 Å². The van der Waals surface area contributed by atoms with Crippen molar-refractivity contribution in [3.63, 3.8) is 0 Å². The van der Waals surface area contributed by atoms with E-state index in [0.29, 0.717) is 11.2 Å². The maximum absolute atomic E-state index is 12.1. The number of nitrogens with one attached hydrogen (secondary N) is 1. The van der Waals surface area contributed by atoms with Gasteiger partial charge in [0.1, 0.15) is 4.70 Å². The molecule has 6 heteroatoms. The molecule has 2 N–H and O–H groups in total. The Morgan fingerprint density at radius 2 is 2.41 bits per heavy atom. The molecule has 0 aliphatic heterocycles. The number of hydrogen-bond acceptors (Lipinski definition) is 5. The van der Waals surface area contributed by atoms with Gasteiger partial charge in [0, 0.05) is 6.54 Å². The number of rotatable bonds is 4. The Morgan fingerprint density at radius 3 is 3.12 bits per heavy atom. The van der Waals surface area contributed by atoms with Gasteiger partial charge < -0.3 is 10.4 Å². The molecule has 1 atom stereocenters. The van der Waals surface area contributed by atoms with E-state index >= 15 is 0 Å². The first kappa shape index (κ1) is 12.2. The number of nitrogens with zero attached hydrogens (tertiary/aromatic N) is 2. The van der Waals surface area contributed by atoms with E-state index in [2.05, 4.69) is 10.3 Å². The van der Waals surface area contributed by atoms with Crippen LogP contribution in [0.1, 0.15) is 5.56 Å². The van der Waals surface area contributed by atoms with Gasteiger partial charge in [-0.15, -0.1) is 11.3 Å². The van der Waals surface area contributed by atoms with Crippen molar-refractivity contribution in [3.8, 4) is 0 Å². The second-order valence-electron chi connectivity index (χ2n) is 4.01. The van der Waals surface area contributed by atoms with Gasteiger partial charge in [0.2, 0.25) is 0 Å². The first-order valence-corrected chi connectivity index (χ1v) is 6.27. The standard InChI is InChI=1S/C11H15N3O2S/c1-7-5-17-10-9(7)13-6-14(11(10)16)4-8(15)3-12-2/h5-6,8,12,15H,3-4H2,1-2H3. The smallest absolute Gasteiger partial charge is 0.271 e. The average molecular weight is 253 g/mol. The summed E-state index contributed by atoms with van der Waals surface area (Å²) in [5.41, 5.74) is 1.70. The zero-order valence-electron chi connectivity index (χ0n) is 9.80. The van der Waals surface area contributed by atoms with Gasteiger partial charge in [-0.3, -0.25) is 9.36 Å². The average Bonchev–Trinajstić information content (AvgIpc) is 2.66. The summed E-state index contributed by atoms with van der Waals surface area (Å²) < 4.78 is 2.11. The summed E-state index contributed by atoms with van der Waals surface area (Å²) in [7, 11) is 1.76. The predicted octanol–water partition coefficient (Wildman–Crippen LogP) is 0.347. The molecule has 0 fully saturated rings. The molecule has 1 unspecified atom stereocenters. The molecular weight excluding hydrogens is 238 g/mol. The van der Waals surface area contributed by atoms with Crippen molar-refractivity contribution in [1.82, 2.24) is 14.9 Å². The van der Waals surface area contributed by atoms with Crippen LogP contribution >= 0.6 is 11.3 Å². The summed E-state index contributed by atoms with van der Waals surface area (Å²) in [6.45, 7) is 2.65. The number of aromatic nitrogens is 2. The molecule has 2 heterocycles. The Kier molecular flexibility index (Phi) is 3.56. The molecular formula is C11H15N3O2S. The Bertz CT molecular complexity index is 576. The van der Waals surface area contributed by atoms with Crippen LogP contribution in [-0.2, 0) is 6.54 Å². The van der Waals surface area contributed by atoms with E-state index in [1.165, 1.54) is 22.2 Å². The SMILES string of the molecule is CNCC(O)Cn1cnc2c(C)csc2c1=O. The molecule has 0 bridgehead atoms. The Hall–Kier alpha value is -1.24. The largest absolute Gasteiger partial charge is 0.390 e. The summed E-state index contributed by atoms with van der Waals surface area (Å²) in [6.07, 6.45) is 0.918. The van der Waals surface area contributed by atoms with Crippen molar-refractivity contribution in [2.24, 2.45) is 0 Å². The van der Waals surface area contributed by atoms with Crippen molar-refractivity contribution in [2.45, 2.75) is 19.6 Å². The van der Waals surface area contributed by atoms with Gasteiger partial charge in [0.25, 0.3) is 5.56 Å². The van der Waals surface area contributed by atoms with Crippen LogP contribution in [0.2, 0.25) is 0 Å². The highest BCUT2D eigenvalue weighted by atomic mass is 32.1. The van der Waals surface area contributed by atoms with E-state index in [9.17, 15) is 9.90 Å². The third-order valence-electron chi connectivity index (χ3n) is 2.57. The molecule has 2 aromatic rings. The van der Waals surface area contributed by atoms with Crippen molar-refractivity contribution >= 4 is 21.6 Å². The normalized spacial score (nSPS) is 13.1. The molecule has 0 amide bonds. The first-order chi connectivity index (χ1) is 8.13. The zero-order valence-corrected chi connectivity index (χ0v) is 10.6. The predicted molar refractivity (Wildman–Crippen MR) is 68.6 cm³/mol. The first-order valence-electron chi connectivity index (χ1n) is 5.39. The van der Waals surface area contributed by atoms with Crippen LogP contribution in [0.15, 0.2) is 16.5 Å². The lowest BCUT2D eigenvalue weighted by Crippen LogP contribution is -2.32. The number of aryl methyl sites for hydroxylation is 1. The molecule has 2 aromatic heterocycles. The highest BCUT2D eigenvalue weighted by Gasteiger charge is 2.10. The minimum Gasteiger partial charge on any atom is -0.390 e. The van der Waals surface area contributed by atoms with Crippen LogP contribution in [0.3, 0.4) is 0 Å². The van der Waals surface area contributed by atoms with Crippen molar-refractivity contribution in [2.75, 3.05) is 13.6 Å². The molecule has 0 radical (unpaired) electrons. The maximum Gasteiger partial charge on any atom is 0.271 e. The maximum atomic E-state index is 12.1. The molecule has 0 aromatic carbocycles. The van der Waals surface area contributed by atoms with Gasteiger partial charge in [-0.25, -0.2) is 4.98 Å². The minimum absolute atomic E-state index is 0.0803. The van der Waals surface area contributed by atoms with Gasteiger partial charge in [-0.1, -0.05) is 0 Å². The summed E-state index contributed by atoms with van der Waals surface area (Å²) in [5, 5.41) is 14.4. The highest BCUT2D eigenvalue weighted by Crippen LogP contribution is 2.19. The van der Waals surface area contributed by atoms with Crippen molar-refractivity contribution in [1.29, 1.82) is 0 Å². The monoisotopic (exact) mass is 253 g/mol. The van der Waals surface area contributed by atoms with Crippen molar-refractivity contribution < 1.29 is 5.11 Å². The Balaban J connectivity index is 2.36. The van der Waals surface area contributed by atoms with Gasteiger partial charge in [0.05, 0.1) is 24.5 Å². The molecule has 0 spiro atoms. The highest BCUT2D eigenvalue weighted by molar-refractivity contribution is 7.17. The third kappa shape index (κ3) is 2.38. The molecule has 17 heavy (non-hydrogen) atoms. The lowest BCUT2D eigenvalue weighted by molar-refractivity contribution is 0.152. The molecule has 0 saturated heterocycles. The number of thiophene rings is 1. The number of likely N-dealkylation sites (N-methyl/N-ethyl adjacent to an activating group) is 1. The molecule has 5 nitrogen and oxygen atoms in total. The quantitative estimate of drug-likeness (QED) is 0.825. The zero-order chi connectivity index (χ0) is 12.4. The number of aliphatic hydroxyl groups is 1. The van der Waals surface area contributed by atoms with E-state index in [0.717, 1.165) is 11.1 Å². The van der Waals surface area contributed by atoms with Crippen LogP contribution in [0, 0.1) is 6.92 Å². The lowest BCUT2D eigenvalue weighted by Gasteiger charge is -2.11. The molecule has 92 valence electrons. The number of fused-ring (bicyclic) bond motifs is 1. The Labute approximate surface area is 103 Å². The van der Waals surface area contributed by atoms with Crippen LogP contribution in [0.4, 0.5) is 0 Å². The molecule has 0 aliphatic rings. The fourth-order valence-corrected chi connectivity index (χ4v) is 2.67. The number of hydrogen-bond donors (Lipinski definition) is 2. The van der Waals surface area contributed by atoms with E-state index in [1.807, 2.05) is 12.3 Å². The van der Waals surface area contributed by atoms with E-state index in [1.54, 1.807) is 7.05 Å². The van der Waals surface area contributed by atoms with Crippen molar-refractivity contribution in [3.05, 3.63) is 27.6 Å². The second kappa shape index (κ2) is 4.95. The van der Waals surface area contributed by atoms with E-state index in [4.69, 9.17) is 0 Å². The fourth-order valence-electron chi connectivity index (χ4n) is 1.72. The minimum atomic E-state index is -0.585. The summed E-state index contributed by atoms with van der Waals surface area (Å²) in [5.74, 6) is 0. The topological polar surface area (TPSA) is 67.2 Å². The number of aliphatic hydroxyl groups excluding tert-OH is 1. The van der Waals surface area contributed by atoms with Gasteiger partial charge in [0.15, 0.2) is 0 Å². The van der Waals surface area contributed by atoms with Crippen LogP contribution in [-0.4, -0.2) is 34.4 Å². The summed E-state index contributed by atoms with van der Waals surface area (Å²) >= 11 is 1.40. The van der Waals surface area contributed by atoms with Crippen LogP contribution in [0.5, 0.6) is 0 Å². The Morgan fingerprint density at radius 1 is 1.65 bits per heavy atom. The summed E-state index contributed by atoms with van der Waals surface area (Å²) in [4.78, 5) is 16.3.